The summed E-state index contributed by atoms with van der Waals surface area (Å²) < 4.78 is 34.6. The highest BCUT2D eigenvalue weighted by molar-refractivity contribution is 7.89. The van der Waals surface area contributed by atoms with Crippen molar-refractivity contribution in [3.05, 3.63) is 57.6 Å². The Hall–Kier alpha value is -2.49. The molecule has 1 aliphatic heterocycles. The summed E-state index contributed by atoms with van der Waals surface area (Å²) in [5, 5.41) is 11.4. The van der Waals surface area contributed by atoms with Gasteiger partial charge in [0.15, 0.2) is 0 Å². The number of ether oxygens (including phenoxy) is 1. The third-order valence-corrected chi connectivity index (χ3v) is 8.46. The molecule has 1 heterocycles. The van der Waals surface area contributed by atoms with Crippen molar-refractivity contribution >= 4 is 15.7 Å². The van der Waals surface area contributed by atoms with E-state index in [4.69, 9.17) is 4.74 Å². The van der Waals surface area contributed by atoms with Gasteiger partial charge in [0.05, 0.1) is 4.92 Å². The third kappa shape index (κ3) is 5.37. The second-order valence-electron chi connectivity index (χ2n) is 9.05. The predicted octanol–water partition coefficient (Wildman–Crippen LogP) is 4.64. The maximum atomic E-state index is 13.6. The maximum Gasteiger partial charge on any atom is 0.271 e. The van der Waals surface area contributed by atoms with Crippen LogP contribution in [0.5, 0.6) is 11.5 Å². The number of benzene rings is 2. The van der Waals surface area contributed by atoms with E-state index in [1.807, 2.05) is 32.0 Å². The molecule has 0 unspecified atom stereocenters. The number of nitro benzene ring substituents is 1. The predicted molar refractivity (Wildman–Crippen MR) is 126 cm³/mol. The summed E-state index contributed by atoms with van der Waals surface area (Å²) >= 11 is 0. The Morgan fingerprint density at radius 2 is 1.58 bits per heavy atom. The molecule has 2 fully saturated rings. The molecule has 2 aromatic rings. The van der Waals surface area contributed by atoms with Crippen LogP contribution in [0.25, 0.3) is 0 Å². The minimum atomic E-state index is -3.97. The molecule has 178 valence electrons. The van der Waals surface area contributed by atoms with E-state index in [1.165, 1.54) is 48.5 Å². The first-order chi connectivity index (χ1) is 15.7. The highest BCUT2D eigenvalue weighted by Crippen LogP contribution is 2.35. The Morgan fingerprint density at radius 1 is 0.939 bits per heavy atom. The number of aryl methyl sites for hydroxylation is 2. The van der Waals surface area contributed by atoms with E-state index in [-0.39, 0.29) is 16.3 Å². The lowest BCUT2D eigenvalue weighted by molar-refractivity contribution is -0.385. The summed E-state index contributed by atoms with van der Waals surface area (Å²) in [6.45, 7) is 5.94. The molecule has 9 heteroatoms. The average Bonchev–Trinajstić information content (AvgIpc) is 2.79. The quantitative estimate of drug-likeness (QED) is 0.448. The van der Waals surface area contributed by atoms with E-state index >= 15 is 0 Å². The van der Waals surface area contributed by atoms with E-state index in [0.29, 0.717) is 38.0 Å². The normalized spacial score (nSPS) is 18.8. The van der Waals surface area contributed by atoms with Gasteiger partial charge in [-0.1, -0.05) is 25.3 Å². The van der Waals surface area contributed by atoms with Crippen LogP contribution in [0.4, 0.5) is 5.69 Å². The van der Waals surface area contributed by atoms with Crippen LogP contribution in [0, 0.1) is 24.0 Å². The molecule has 1 saturated carbocycles. The van der Waals surface area contributed by atoms with E-state index in [0.717, 1.165) is 17.2 Å². The van der Waals surface area contributed by atoms with Crippen LogP contribution in [0.2, 0.25) is 0 Å². The van der Waals surface area contributed by atoms with Gasteiger partial charge in [0.25, 0.3) is 5.69 Å². The summed E-state index contributed by atoms with van der Waals surface area (Å²) in [6.07, 6.45) is 6.09. The molecule has 0 bridgehead atoms. The monoisotopic (exact) mass is 473 g/mol. The summed E-state index contributed by atoms with van der Waals surface area (Å²) in [7, 11) is -3.97. The molecule has 0 radical (unpaired) electrons. The standard InChI is InChI=1S/C24H31N3O5S/c1-18-14-19(2)16-22(15-18)32-23-9-8-21(27(28)29)17-24(23)33(30,31)26-12-10-25(11-13-26)20-6-4-3-5-7-20/h8-9,14-17,20H,3-7,10-13H2,1-2H3. The van der Waals surface area contributed by atoms with Gasteiger partial charge in [-0.05, 0) is 56.0 Å². The number of non-ortho nitro benzene ring substituents is 1. The summed E-state index contributed by atoms with van der Waals surface area (Å²) in [5.41, 5.74) is 1.69. The molecule has 0 amide bonds. The molecule has 0 aromatic heterocycles. The van der Waals surface area contributed by atoms with Gasteiger partial charge in [0.1, 0.15) is 16.4 Å². The number of nitro groups is 1. The minimum absolute atomic E-state index is 0.0975. The van der Waals surface area contributed by atoms with Gasteiger partial charge in [0, 0.05) is 44.4 Å². The van der Waals surface area contributed by atoms with Crippen molar-refractivity contribution in [3.8, 4) is 11.5 Å². The van der Waals surface area contributed by atoms with Crippen LogP contribution < -0.4 is 4.74 Å². The zero-order valence-electron chi connectivity index (χ0n) is 19.2. The Morgan fingerprint density at radius 3 is 2.18 bits per heavy atom. The second-order valence-corrected chi connectivity index (χ2v) is 11.0. The fourth-order valence-corrected chi connectivity index (χ4v) is 6.47. The average molecular weight is 474 g/mol. The molecule has 33 heavy (non-hydrogen) atoms. The van der Waals surface area contributed by atoms with Crippen molar-refractivity contribution in [2.24, 2.45) is 0 Å². The first kappa shape index (κ1) is 23.7. The van der Waals surface area contributed by atoms with Gasteiger partial charge < -0.3 is 4.74 Å². The van der Waals surface area contributed by atoms with Gasteiger partial charge in [-0.25, -0.2) is 8.42 Å². The molecule has 4 rings (SSSR count). The fraction of sp³-hybridized carbons (Fsp3) is 0.500. The molecule has 1 aliphatic carbocycles. The number of piperazine rings is 1. The van der Waals surface area contributed by atoms with E-state index in [9.17, 15) is 18.5 Å². The Kier molecular flexibility index (Phi) is 7.02. The number of nitrogens with zero attached hydrogens (tertiary/aromatic N) is 3. The van der Waals surface area contributed by atoms with E-state index in [1.54, 1.807) is 0 Å². The lowest BCUT2D eigenvalue weighted by Crippen LogP contribution is -2.52. The second kappa shape index (κ2) is 9.79. The van der Waals surface area contributed by atoms with Crippen LogP contribution in [0.3, 0.4) is 0 Å². The molecule has 0 N–H and O–H groups in total. The van der Waals surface area contributed by atoms with Crippen molar-refractivity contribution in [2.45, 2.75) is 56.9 Å². The molecule has 8 nitrogen and oxygen atoms in total. The first-order valence-corrected chi connectivity index (χ1v) is 13.0. The number of hydrogen-bond acceptors (Lipinski definition) is 6. The molecule has 2 aliphatic rings. The summed E-state index contributed by atoms with van der Waals surface area (Å²) in [4.78, 5) is 13.0. The lowest BCUT2D eigenvalue weighted by Gasteiger charge is -2.40. The zero-order chi connectivity index (χ0) is 23.6. The largest absolute Gasteiger partial charge is 0.456 e. The molecular weight excluding hydrogens is 442 g/mol. The summed E-state index contributed by atoms with van der Waals surface area (Å²) in [6, 6.07) is 9.91. The van der Waals surface area contributed by atoms with Gasteiger partial charge in [-0.2, -0.15) is 4.31 Å². The van der Waals surface area contributed by atoms with Gasteiger partial charge >= 0.3 is 0 Å². The Bertz CT molecular complexity index is 1100. The zero-order valence-corrected chi connectivity index (χ0v) is 20.0. The number of hydrogen-bond donors (Lipinski definition) is 0. The van der Waals surface area contributed by atoms with E-state index in [2.05, 4.69) is 4.90 Å². The van der Waals surface area contributed by atoms with Crippen LogP contribution in [-0.2, 0) is 10.0 Å². The lowest BCUT2D eigenvalue weighted by atomic mass is 9.94. The third-order valence-electron chi connectivity index (χ3n) is 6.54. The van der Waals surface area contributed by atoms with Gasteiger partial charge in [-0.3, -0.25) is 15.0 Å². The smallest absolute Gasteiger partial charge is 0.271 e. The highest BCUT2D eigenvalue weighted by Gasteiger charge is 2.34. The molecular formula is C24H31N3O5S. The molecule has 0 atom stereocenters. The molecule has 1 saturated heterocycles. The maximum absolute atomic E-state index is 13.6. The van der Waals surface area contributed by atoms with Crippen molar-refractivity contribution in [3.63, 3.8) is 0 Å². The summed E-state index contributed by atoms with van der Waals surface area (Å²) in [5.74, 6) is 0.597. The van der Waals surface area contributed by atoms with Crippen LogP contribution in [-0.4, -0.2) is 54.8 Å². The Labute approximate surface area is 195 Å². The minimum Gasteiger partial charge on any atom is -0.456 e. The Balaban J connectivity index is 1.60. The van der Waals surface area contributed by atoms with Crippen LogP contribution >= 0.6 is 0 Å². The number of rotatable bonds is 6. The highest BCUT2D eigenvalue weighted by atomic mass is 32.2. The van der Waals surface area contributed by atoms with Crippen molar-refractivity contribution < 1.29 is 18.1 Å². The van der Waals surface area contributed by atoms with E-state index < -0.39 is 14.9 Å². The van der Waals surface area contributed by atoms with Crippen molar-refractivity contribution in [2.75, 3.05) is 26.2 Å². The van der Waals surface area contributed by atoms with Crippen molar-refractivity contribution in [1.29, 1.82) is 0 Å². The SMILES string of the molecule is Cc1cc(C)cc(Oc2ccc([N+](=O)[O-])cc2S(=O)(=O)N2CCN(C3CCCCC3)CC2)c1. The van der Waals surface area contributed by atoms with Crippen LogP contribution in [0.15, 0.2) is 41.3 Å². The first-order valence-electron chi connectivity index (χ1n) is 11.5. The van der Waals surface area contributed by atoms with Gasteiger partial charge in [0.2, 0.25) is 10.0 Å². The number of sulfonamides is 1. The fourth-order valence-electron chi connectivity index (χ4n) is 4.91. The van der Waals surface area contributed by atoms with Crippen LogP contribution in [0.1, 0.15) is 43.2 Å². The molecule has 2 aromatic carbocycles. The molecule has 0 spiro atoms. The van der Waals surface area contributed by atoms with Crippen molar-refractivity contribution in [1.82, 2.24) is 9.21 Å². The van der Waals surface area contributed by atoms with Gasteiger partial charge in [-0.15, -0.1) is 0 Å². The topological polar surface area (TPSA) is 93.0 Å².